The van der Waals surface area contributed by atoms with Crippen LogP contribution in [0.2, 0.25) is 0 Å². The Morgan fingerprint density at radius 2 is 2.26 bits per heavy atom. The van der Waals surface area contributed by atoms with Crippen LogP contribution in [0.4, 0.5) is 5.13 Å². The highest BCUT2D eigenvalue weighted by Gasteiger charge is 2.29. The molecule has 0 aliphatic carbocycles. The molecule has 2 amide bonds. The fourth-order valence-electron chi connectivity index (χ4n) is 1.91. The number of hydrogen-bond acceptors (Lipinski definition) is 5. The molecule has 0 saturated carbocycles. The van der Waals surface area contributed by atoms with Crippen LogP contribution in [0.1, 0.15) is 31.3 Å². The van der Waals surface area contributed by atoms with Gasteiger partial charge >= 0.3 is 0 Å². The number of morpholine rings is 1. The van der Waals surface area contributed by atoms with Gasteiger partial charge in [0, 0.05) is 18.8 Å². The lowest BCUT2D eigenvalue weighted by atomic mass is 10.2. The lowest BCUT2D eigenvalue weighted by Crippen LogP contribution is -2.50. The highest BCUT2D eigenvalue weighted by atomic mass is 32.1. The van der Waals surface area contributed by atoms with E-state index >= 15 is 0 Å². The number of nitrogens with zero attached hydrogens (tertiary/aromatic N) is 2. The number of anilines is 1. The second-order valence-electron chi connectivity index (χ2n) is 4.67. The Kier molecular flexibility index (Phi) is 4.16. The van der Waals surface area contributed by atoms with E-state index in [-0.39, 0.29) is 24.0 Å². The van der Waals surface area contributed by atoms with E-state index in [1.165, 1.54) is 18.3 Å². The smallest absolute Gasteiger partial charge is 0.273 e. The van der Waals surface area contributed by atoms with Crippen LogP contribution >= 0.6 is 11.3 Å². The van der Waals surface area contributed by atoms with Crippen molar-refractivity contribution in [2.45, 2.75) is 32.9 Å². The summed E-state index contributed by atoms with van der Waals surface area (Å²) in [7, 11) is 0. The Morgan fingerprint density at radius 3 is 2.95 bits per heavy atom. The molecule has 7 heteroatoms. The van der Waals surface area contributed by atoms with Gasteiger partial charge in [-0.15, -0.1) is 11.3 Å². The van der Waals surface area contributed by atoms with Gasteiger partial charge in [-0.1, -0.05) is 0 Å². The monoisotopic (exact) mass is 283 g/mol. The lowest BCUT2D eigenvalue weighted by Gasteiger charge is -2.36. The quantitative estimate of drug-likeness (QED) is 0.889. The topological polar surface area (TPSA) is 71.5 Å². The van der Waals surface area contributed by atoms with Crippen molar-refractivity contribution in [3.05, 3.63) is 11.1 Å². The number of hydrogen-bond donors (Lipinski definition) is 1. The Hall–Kier alpha value is -1.47. The van der Waals surface area contributed by atoms with Gasteiger partial charge in [-0.05, 0) is 13.8 Å². The first-order valence-electron chi connectivity index (χ1n) is 6.13. The molecule has 104 valence electrons. The van der Waals surface area contributed by atoms with E-state index in [9.17, 15) is 9.59 Å². The van der Waals surface area contributed by atoms with Crippen LogP contribution in [0, 0.1) is 0 Å². The number of rotatable bonds is 2. The van der Waals surface area contributed by atoms with E-state index in [1.807, 2.05) is 13.8 Å². The summed E-state index contributed by atoms with van der Waals surface area (Å²) in [4.78, 5) is 29.2. The average Bonchev–Trinajstić information content (AvgIpc) is 2.79. The number of nitrogens with one attached hydrogen (secondary N) is 1. The van der Waals surface area contributed by atoms with Gasteiger partial charge in [0.25, 0.3) is 5.91 Å². The number of carbonyl (C=O) groups is 2. The van der Waals surface area contributed by atoms with E-state index in [0.717, 1.165) is 0 Å². The molecule has 0 spiro atoms. The van der Waals surface area contributed by atoms with Gasteiger partial charge in [0.1, 0.15) is 5.69 Å². The maximum Gasteiger partial charge on any atom is 0.273 e. The van der Waals surface area contributed by atoms with Crippen molar-refractivity contribution in [3.63, 3.8) is 0 Å². The molecule has 0 aromatic carbocycles. The van der Waals surface area contributed by atoms with Crippen molar-refractivity contribution >= 4 is 28.3 Å². The second kappa shape index (κ2) is 5.66. The first-order chi connectivity index (χ1) is 8.97. The first kappa shape index (κ1) is 14.0. The minimum absolute atomic E-state index is 0.0357. The first-order valence-corrected chi connectivity index (χ1v) is 7.01. The number of aromatic nitrogens is 1. The second-order valence-corrected chi connectivity index (χ2v) is 5.53. The van der Waals surface area contributed by atoms with Crippen molar-refractivity contribution in [3.8, 4) is 0 Å². The molecule has 1 fully saturated rings. The van der Waals surface area contributed by atoms with Crippen LogP contribution < -0.4 is 5.32 Å². The average molecular weight is 283 g/mol. The summed E-state index contributed by atoms with van der Waals surface area (Å²) in [6.07, 6.45) is 0.0357. The third-order valence-corrected chi connectivity index (χ3v) is 3.63. The molecule has 2 atom stereocenters. The molecule has 6 nitrogen and oxygen atoms in total. The SMILES string of the molecule is CC(=O)Nc1nc(C(=O)N2C[C@H](C)OC[C@H]2C)cs1. The highest BCUT2D eigenvalue weighted by molar-refractivity contribution is 7.14. The number of ether oxygens (including phenoxy) is 1. The van der Waals surface area contributed by atoms with E-state index in [2.05, 4.69) is 10.3 Å². The lowest BCUT2D eigenvalue weighted by molar-refractivity contribution is -0.114. The summed E-state index contributed by atoms with van der Waals surface area (Å²) in [5.41, 5.74) is 0.370. The van der Waals surface area contributed by atoms with E-state index in [0.29, 0.717) is 24.0 Å². The molecular formula is C12H17N3O3S. The fraction of sp³-hybridized carbons (Fsp3) is 0.583. The zero-order valence-corrected chi connectivity index (χ0v) is 12.0. The molecule has 1 aromatic rings. The van der Waals surface area contributed by atoms with Crippen LogP contribution in [-0.4, -0.2) is 47.0 Å². The summed E-state index contributed by atoms with van der Waals surface area (Å²) in [6, 6.07) is 0.0367. The van der Waals surface area contributed by atoms with E-state index in [4.69, 9.17) is 4.74 Å². The van der Waals surface area contributed by atoms with Crippen LogP contribution in [-0.2, 0) is 9.53 Å². The minimum Gasteiger partial charge on any atom is -0.375 e. The Labute approximate surface area is 115 Å². The van der Waals surface area contributed by atoms with Gasteiger partial charge in [-0.25, -0.2) is 4.98 Å². The maximum atomic E-state index is 12.4. The molecule has 1 aliphatic rings. The number of thiazole rings is 1. The molecule has 0 unspecified atom stereocenters. The standard InChI is InChI=1S/C12H17N3O3S/c1-7-5-18-8(2)4-15(7)11(17)10-6-19-12(14-10)13-9(3)16/h6-8H,4-5H2,1-3H3,(H,13,14,16)/t7-,8+/m1/s1. The van der Waals surface area contributed by atoms with Crippen LogP contribution in [0.3, 0.4) is 0 Å². The van der Waals surface area contributed by atoms with Crippen LogP contribution in [0.25, 0.3) is 0 Å². The largest absolute Gasteiger partial charge is 0.375 e. The van der Waals surface area contributed by atoms with E-state index in [1.54, 1.807) is 10.3 Å². The van der Waals surface area contributed by atoms with Gasteiger partial charge < -0.3 is 15.0 Å². The van der Waals surface area contributed by atoms with Crippen LogP contribution in [0.15, 0.2) is 5.38 Å². The summed E-state index contributed by atoms with van der Waals surface area (Å²) in [5, 5.41) is 4.69. The molecule has 2 heterocycles. The molecular weight excluding hydrogens is 266 g/mol. The third-order valence-electron chi connectivity index (χ3n) is 2.87. The molecule has 1 saturated heterocycles. The van der Waals surface area contributed by atoms with Crippen molar-refractivity contribution < 1.29 is 14.3 Å². The van der Waals surface area contributed by atoms with Crippen molar-refractivity contribution in [1.82, 2.24) is 9.88 Å². The van der Waals surface area contributed by atoms with Gasteiger partial charge in [-0.3, -0.25) is 9.59 Å². The Morgan fingerprint density at radius 1 is 1.53 bits per heavy atom. The summed E-state index contributed by atoms with van der Waals surface area (Å²) in [5.74, 6) is -0.308. The van der Waals surface area contributed by atoms with Crippen molar-refractivity contribution in [2.24, 2.45) is 0 Å². The van der Waals surface area contributed by atoms with Crippen molar-refractivity contribution in [2.75, 3.05) is 18.5 Å². The molecule has 19 heavy (non-hydrogen) atoms. The summed E-state index contributed by atoms with van der Waals surface area (Å²) in [6.45, 7) is 6.40. The molecule has 1 N–H and O–H groups in total. The molecule has 1 aromatic heterocycles. The van der Waals surface area contributed by atoms with Crippen LogP contribution in [0.5, 0.6) is 0 Å². The van der Waals surface area contributed by atoms with E-state index < -0.39 is 0 Å². The summed E-state index contributed by atoms with van der Waals surface area (Å²) < 4.78 is 5.50. The molecule has 0 radical (unpaired) electrons. The predicted octanol–water partition coefficient (Wildman–Crippen LogP) is 1.35. The normalized spacial score (nSPS) is 23.2. The Bertz CT molecular complexity index is 488. The fourth-order valence-corrected chi connectivity index (χ4v) is 2.64. The van der Waals surface area contributed by atoms with Gasteiger partial charge in [-0.2, -0.15) is 0 Å². The van der Waals surface area contributed by atoms with Gasteiger partial charge in [0.2, 0.25) is 5.91 Å². The molecule has 2 rings (SSSR count). The Balaban J connectivity index is 2.10. The number of amides is 2. The minimum atomic E-state index is -0.193. The maximum absolute atomic E-state index is 12.4. The zero-order valence-electron chi connectivity index (χ0n) is 11.2. The number of carbonyl (C=O) groups excluding carboxylic acids is 2. The molecule has 1 aliphatic heterocycles. The predicted molar refractivity (Wildman–Crippen MR) is 72.3 cm³/mol. The van der Waals surface area contributed by atoms with Crippen molar-refractivity contribution in [1.29, 1.82) is 0 Å². The zero-order chi connectivity index (χ0) is 14.0. The molecule has 0 bridgehead atoms. The third kappa shape index (κ3) is 3.30. The van der Waals surface area contributed by atoms with Gasteiger partial charge in [0.15, 0.2) is 5.13 Å². The summed E-state index contributed by atoms with van der Waals surface area (Å²) >= 11 is 1.25. The van der Waals surface area contributed by atoms with Gasteiger partial charge in [0.05, 0.1) is 18.8 Å². The highest BCUT2D eigenvalue weighted by Crippen LogP contribution is 2.19.